The molecule has 8 nitrogen and oxygen atoms in total. The molecule has 1 aliphatic rings. The number of halogens is 1. The number of H-pyrrole nitrogens is 1. The number of alkyl carbamates (subject to hydrolysis) is 1. The summed E-state index contributed by atoms with van der Waals surface area (Å²) in [6, 6.07) is 13.4. The molecule has 1 aliphatic heterocycles. The van der Waals surface area contributed by atoms with Crippen LogP contribution in [0.3, 0.4) is 0 Å². The Bertz CT molecular complexity index is 1230. The minimum atomic E-state index is -0.893. The number of nitrogens with zero attached hydrogens (tertiary/aromatic N) is 2. The average molecular weight is 558 g/mol. The zero-order chi connectivity index (χ0) is 29.5. The van der Waals surface area contributed by atoms with E-state index in [1.807, 2.05) is 58.0 Å². The lowest BCUT2D eigenvalue weighted by molar-refractivity contribution is -0.123. The third kappa shape index (κ3) is 9.39. The molecule has 0 bridgehead atoms. The average Bonchev–Trinajstić information content (AvgIpc) is 3.42. The number of nitrogens with one attached hydrogen (secondary N) is 3. The van der Waals surface area contributed by atoms with Crippen LogP contribution >= 0.6 is 0 Å². The zero-order valence-electron chi connectivity index (χ0n) is 24.4. The fraction of sp³-hybridized carbons (Fsp3) is 0.452. The highest BCUT2D eigenvalue weighted by atomic mass is 19.1. The van der Waals surface area contributed by atoms with E-state index in [2.05, 4.69) is 39.0 Å². The summed E-state index contributed by atoms with van der Waals surface area (Å²) < 4.78 is 19.3. The quantitative estimate of drug-likeness (QED) is 0.265. The van der Waals surface area contributed by atoms with Crippen molar-refractivity contribution in [2.75, 3.05) is 6.54 Å². The normalized spacial score (nSPS) is 15.1. The van der Waals surface area contributed by atoms with Gasteiger partial charge in [0.25, 0.3) is 0 Å². The first kappa shape index (κ1) is 32.3. The van der Waals surface area contributed by atoms with E-state index >= 15 is 0 Å². The molecule has 222 valence electrons. The molecule has 2 aromatic carbocycles. The molecule has 3 N–H and O–H groups in total. The number of aromatic nitrogens is 2. The van der Waals surface area contributed by atoms with Gasteiger partial charge in [0.15, 0.2) is 5.82 Å². The van der Waals surface area contributed by atoms with Crippen LogP contribution in [-0.4, -0.2) is 45.5 Å². The molecule has 9 heteroatoms. The highest BCUT2D eigenvalue weighted by Gasteiger charge is 2.27. The molecule has 2 heterocycles. The molecule has 4 rings (SSSR count). The van der Waals surface area contributed by atoms with Gasteiger partial charge in [0.2, 0.25) is 5.91 Å². The second kappa shape index (κ2) is 16.9. The number of amides is 2. The van der Waals surface area contributed by atoms with E-state index in [9.17, 15) is 14.0 Å². The lowest BCUT2D eigenvalue weighted by Crippen LogP contribution is -2.48. The van der Waals surface area contributed by atoms with E-state index < -0.39 is 23.9 Å². The van der Waals surface area contributed by atoms with E-state index in [1.54, 1.807) is 12.1 Å². The summed E-state index contributed by atoms with van der Waals surface area (Å²) in [5.74, 6) is -0.426. The number of aromatic amines is 1. The van der Waals surface area contributed by atoms with Gasteiger partial charge < -0.3 is 25.3 Å². The maximum Gasteiger partial charge on any atom is 0.408 e. The third-order valence-electron chi connectivity index (χ3n) is 6.41. The van der Waals surface area contributed by atoms with Crippen molar-refractivity contribution >= 4 is 23.0 Å². The molecule has 2 atom stereocenters. The number of rotatable bonds is 9. The Labute approximate surface area is 240 Å². The first-order valence-corrected chi connectivity index (χ1v) is 14.2. The fourth-order valence-electron chi connectivity index (χ4n) is 4.46. The third-order valence-corrected chi connectivity index (χ3v) is 6.41. The van der Waals surface area contributed by atoms with Crippen LogP contribution in [0.2, 0.25) is 0 Å². The van der Waals surface area contributed by atoms with Gasteiger partial charge in [0.05, 0.1) is 12.1 Å². The van der Waals surface area contributed by atoms with Crippen LogP contribution in [0, 0.1) is 5.82 Å². The Balaban J connectivity index is 0.00000269. The van der Waals surface area contributed by atoms with Crippen LogP contribution in [0.4, 0.5) is 9.18 Å². The SMILES string of the molecule is C=C(C[C@H](NC(=O)OCc1ccccc1)C(=O)NCc1nc2c(F)cccc2[nH]1)N1CCCC[C@@H]1C.CC.CC.[HH].[HH]. The first-order valence-electron chi connectivity index (χ1n) is 14.2. The molecule has 2 amide bonds. The Kier molecular flexibility index (Phi) is 13.7. The molecule has 1 aromatic heterocycles. The van der Waals surface area contributed by atoms with Crippen LogP contribution in [0.25, 0.3) is 11.0 Å². The smallest absolute Gasteiger partial charge is 0.408 e. The summed E-state index contributed by atoms with van der Waals surface area (Å²) in [7, 11) is 0. The van der Waals surface area contributed by atoms with E-state index in [4.69, 9.17) is 4.74 Å². The molecular formula is C31H48FN5O3. The van der Waals surface area contributed by atoms with Crippen molar-refractivity contribution in [3.05, 3.63) is 78.0 Å². The molecule has 0 spiro atoms. The number of piperidine rings is 1. The monoisotopic (exact) mass is 557 g/mol. The number of hydrogen-bond acceptors (Lipinski definition) is 5. The maximum absolute atomic E-state index is 14.0. The van der Waals surface area contributed by atoms with Gasteiger partial charge in [-0.2, -0.15) is 0 Å². The molecule has 1 saturated heterocycles. The predicted molar refractivity (Wildman–Crippen MR) is 162 cm³/mol. The number of carbonyl (C=O) groups is 2. The number of imidazole rings is 1. The summed E-state index contributed by atoms with van der Waals surface area (Å²) in [5.41, 5.74) is 2.40. The van der Waals surface area contributed by atoms with E-state index in [0.29, 0.717) is 17.4 Å². The molecule has 3 aromatic rings. The molecule has 1 fully saturated rings. The van der Waals surface area contributed by atoms with Crippen LogP contribution in [0.1, 0.15) is 74.5 Å². The molecule has 0 aliphatic carbocycles. The Morgan fingerprint density at radius 1 is 1.15 bits per heavy atom. The number of likely N-dealkylation sites (tertiary alicyclic amines) is 1. The Hall–Kier alpha value is -3.88. The lowest BCUT2D eigenvalue weighted by atomic mass is 10.0. The second-order valence-electron chi connectivity index (χ2n) is 9.10. The van der Waals surface area contributed by atoms with Crippen LogP contribution in [0.5, 0.6) is 0 Å². The largest absolute Gasteiger partial charge is 0.445 e. The minimum Gasteiger partial charge on any atom is -0.445 e. The highest BCUT2D eigenvalue weighted by molar-refractivity contribution is 5.86. The summed E-state index contributed by atoms with van der Waals surface area (Å²) >= 11 is 0. The topological polar surface area (TPSA) is 99.3 Å². The van der Waals surface area contributed by atoms with E-state index in [0.717, 1.165) is 37.1 Å². The molecule has 0 unspecified atom stereocenters. The second-order valence-corrected chi connectivity index (χ2v) is 9.10. The summed E-state index contributed by atoms with van der Waals surface area (Å²) in [6.45, 7) is 15.4. The van der Waals surface area contributed by atoms with Gasteiger partial charge in [-0.05, 0) is 43.9 Å². The number of fused-ring (bicyclic) bond motifs is 1. The van der Waals surface area contributed by atoms with Gasteiger partial charge in [-0.1, -0.05) is 70.7 Å². The van der Waals surface area contributed by atoms with Gasteiger partial charge in [-0.3, -0.25) is 4.79 Å². The van der Waals surface area contributed by atoms with Crippen molar-refractivity contribution in [3.63, 3.8) is 0 Å². The number of para-hydroxylation sites is 1. The van der Waals surface area contributed by atoms with Crippen LogP contribution in [-0.2, 0) is 22.7 Å². The zero-order valence-corrected chi connectivity index (χ0v) is 24.4. The lowest BCUT2D eigenvalue weighted by Gasteiger charge is -2.37. The molecule has 0 saturated carbocycles. The van der Waals surface area contributed by atoms with Crippen molar-refractivity contribution in [1.29, 1.82) is 0 Å². The van der Waals surface area contributed by atoms with Gasteiger partial charge in [0, 0.05) is 27.6 Å². The highest BCUT2D eigenvalue weighted by Crippen LogP contribution is 2.23. The number of ether oxygens (including phenoxy) is 1. The van der Waals surface area contributed by atoms with Crippen molar-refractivity contribution in [3.8, 4) is 0 Å². The molecule has 40 heavy (non-hydrogen) atoms. The fourth-order valence-corrected chi connectivity index (χ4v) is 4.46. The van der Waals surface area contributed by atoms with Gasteiger partial charge in [0.1, 0.15) is 24.0 Å². The molecular weight excluding hydrogens is 509 g/mol. The number of hydrogen-bond donors (Lipinski definition) is 3. The van der Waals surface area contributed by atoms with E-state index in [1.165, 1.54) is 6.07 Å². The van der Waals surface area contributed by atoms with E-state index in [-0.39, 0.29) is 27.9 Å². The number of benzene rings is 2. The summed E-state index contributed by atoms with van der Waals surface area (Å²) in [6.07, 6.45) is 2.84. The number of carbonyl (C=O) groups excluding carboxylic acids is 2. The van der Waals surface area contributed by atoms with Crippen LogP contribution < -0.4 is 10.6 Å². The summed E-state index contributed by atoms with van der Waals surface area (Å²) in [5, 5.41) is 5.49. The van der Waals surface area contributed by atoms with Crippen molar-refractivity contribution in [2.45, 2.75) is 85.5 Å². The van der Waals surface area contributed by atoms with Gasteiger partial charge >= 0.3 is 6.09 Å². The van der Waals surface area contributed by atoms with Crippen molar-refractivity contribution < 1.29 is 21.6 Å². The van der Waals surface area contributed by atoms with Crippen molar-refractivity contribution in [1.82, 2.24) is 25.5 Å². The standard InChI is InChI=1S/C27H32FN5O3.2C2H6.2H2/c1-18-9-6-7-14-33(18)19(2)15-23(31-27(35)36-17-20-10-4-3-5-11-20)26(34)29-16-24-30-22-13-8-12-21(28)25(22)32-24;2*1-2;;/h3-5,8,10-13,18,23H,2,6-7,9,14-17H2,1H3,(H,29,34)(H,30,32)(H,31,35);2*1-2H3;2*1H/t18-,23-;;;;/m0..../s1. The first-order chi connectivity index (χ1) is 19.4. The van der Waals surface area contributed by atoms with Crippen molar-refractivity contribution in [2.24, 2.45) is 0 Å². The summed E-state index contributed by atoms with van der Waals surface area (Å²) in [4.78, 5) is 35.1. The Morgan fingerprint density at radius 2 is 1.88 bits per heavy atom. The van der Waals surface area contributed by atoms with Gasteiger partial charge in [-0.25, -0.2) is 14.2 Å². The molecule has 0 radical (unpaired) electrons. The minimum absolute atomic E-state index is 0. The Morgan fingerprint density at radius 3 is 2.55 bits per heavy atom. The van der Waals surface area contributed by atoms with Gasteiger partial charge in [-0.15, -0.1) is 0 Å². The predicted octanol–water partition coefficient (Wildman–Crippen LogP) is 6.94. The van der Waals surface area contributed by atoms with Crippen LogP contribution in [0.15, 0.2) is 60.8 Å². The maximum atomic E-state index is 14.0.